The van der Waals surface area contributed by atoms with Gasteiger partial charge < -0.3 is 15.2 Å². The zero-order valence-corrected chi connectivity index (χ0v) is 10.7. The Kier molecular flexibility index (Phi) is 3.89. The first kappa shape index (κ1) is 12.2. The Morgan fingerprint density at radius 1 is 1.41 bits per heavy atom. The first-order chi connectivity index (χ1) is 8.31. The highest BCUT2D eigenvalue weighted by Gasteiger charge is 2.23. The molecule has 3 heteroatoms. The van der Waals surface area contributed by atoms with Crippen LogP contribution in [0.15, 0.2) is 6.07 Å². The zero-order valence-electron chi connectivity index (χ0n) is 10.7. The molecule has 0 bridgehead atoms. The maximum atomic E-state index is 5.77. The standard InChI is InChI=1S/C14H21NO2/c1-3-4-10-9-13(16-2)11(5-7-15)12-6-8-17-14(10)12/h9H,3-8,15H2,1-2H3. The van der Waals surface area contributed by atoms with E-state index in [2.05, 4.69) is 13.0 Å². The average Bonchev–Trinajstić information content (AvgIpc) is 2.81. The van der Waals surface area contributed by atoms with Gasteiger partial charge in [0.1, 0.15) is 11.5 Å². The van der Waals surface area contributed by atoms with Gasteiger partial charge in [0.25, 0.3) is 0 Å². The fourth-order valence-electron chi connectivity index (χ4n) is 2.55. The van der Waals surface area contributed by atoms with Gasteiger partial charge in [-0.25, -0.2) is 0 Å². The summed E-state index contributed by atoms with van der Waals surface area (Å²) in [5.74, 6) is 2.07. The summed E-state index contributed by atoms with van der Waals surface area (Å²) in [5, 5.41) is 0. The molecule has 0 saturated heterocycles. The molecule has 1 aromatic rings. The van der Waals surface area contributed by atoms with Gasteiger partial charge in [0.05, 0.1) is 13.7 Å². The van der Waals surface area contributed by atoms with Crippen LogP contribution in [0.1, 0.15) is 30.0 Å². The molecule has 0 radical (unpaired) electrons. The van der Waals surface area contributed by atoms with Gasteiger partial charge in [0, 0.05) is 17.5 Å². The lowest BCUT2D eigenvalue weighted by atomic mass is 9.96. The molecule has 0 saturated carbocycles. The normalized spacial score (nSPS) is 13.4. The number of fused-ring (bicyclic) bond motifs is 1. The van der Waals surface area contributed by atoms with E-state index in [1.54, 1.807) is 7.11 Å². The molecular formula is C14H21NO2. The van der Waals surface area contributed by atoms with E-state index in [1.807, 2.05) is 0 Å². The first-order valence-electron chi connectivity index (χ1n) is 6.36. The van der Waals surface area contributed by atoms with Crippen molar-refractivity contribution in [3.63, 3.8) is 0 Å². The number of hydrogen-bond donors (Lipinski definition) is 1. The zero-order chi connectivity index (χ0) is 12.3. The molecule has 0 fully saturated rings. The number of benzene rings is 1. The summed E-state index contributed by atoms with van der Waals surface area (Å²) in [6, 6.07) is 2.12. The molecular weight excluding hydrogens is 214 g/mol. The quantitative estimate of drug-likeness (QED) is 0.850. The van der Waals surface area contributed by atoms with Gasteiger partial charge in [-0.2, -0.15) is 0 Å². The van der Waals surface area contributed by atoms with Crippen LogP contribution in [-0.2, 0) is 19.3 Å². The van der Waals surface area contributed by atoms with Crippen molar-refractivity contribution in [1.82, 2.24) is 0 Å². The van der Waals surface area contributed by atoms with Gasteiger partial charge in [-0.15, -0.1) is 0 Å². The second-order valence-corrected chi connectivity index (χ2v) is 4.41. The molecule has 1 heterocycles. The molecule has 94 valence electrons. The smallest absolute Gasteiger partial charge is 0.126 e. The summed E-state index contributed by atoms with van der Waals surface area (Å²) in [6.45, 7) is 3.62. The number of aryl methyl sites for hydroxylation is 1. The molecule has 1 aliphatic rings. The largest absolute Gasteiger partial charge is 0.496 e. The number of methoxy groups -OCH3 is 1. The number of ether oxygens (including phenoxy) is 2. The average molecular weight is 235 g/mol. The summed E-state index contributed by atoms with van der Waals surface area (Å²) in [5.41, 5.74) is 9.51. The Bertz CT molecular complexity index is 402. The summed E-state index contributed by atoms with van der Waals surface area (Å²) in [6.07, 6.45) is 4.01. The van der Waals surface area contributed by atoms with E-state index in [4.69, 9.17) is 15.2 Å². The first-order valence-corrected chi connectivity index (χ1v) is 6.36. The SMILES string of the molecule is CCCc1cc(OC)c(CCN)c2c1OCC2. The van der Waals surface area contributed by atoms with Crippen LogP contribution in [0.2, 0.25) is 0 Å². The predicted molar refractivity (Wildman–Crippen MR) is 68.9 cm³/mol. The second-order valence-electron chi connectivity index (χ2n) is 4.41. The Hall–Kier alpha value is -1.22. The van der Waals surface area contributed by atoms with Gasteiger partial charge in [-0.1, -0.05) is 13.3 Å². The number of rotatable bonds is 5. The topological polar surface area (TPSA) is 44.5 Å². The second kappa shape index (κ2) is 5.41. The van der Waals surface area contributed by atoms with Crippen LogP contribution < -0.4 is 15.2 Å². The molecule has 3 nitrogen and oxygen atoms in total. The van der Waals surface area contributed by atoms with E-state index in [0.29, 0.717) is 6.54 Å². The van der Waals surface area contributed by atoms with Crippen molar-refractivity contribution in [1.29, 1.82) is 0 Å². The van der Waals surface area contributed by atoms with Crippen molar-refractivity contribution in [3.8, 4) is 11.5 Å². The summed E-state index contributed by atoms with van der Waals surface area (Å²) in [7, 11) is 1.73. The maximum Gasteiger partial charge on any atom is 0.126 e. The fraction of sp³-hybridized carbons (Fsp3) is 0.571. The van der Waals surface area contributed by atoms with E-state index in [1.165, 1.54) is 16.7 Å². The highest BCUT2D eigenvalue weighted by molar-refractivity contribution is 5.55. The van der Waals surface area contributed by atoms with E-state index in [0.717, 1.165) is 43.8 Å². The minimum Gasteiger partial charge on any atom is -0.496 e. The van der Waals surface area contributed by atoms with Crippen LogP contribution in [0.3, 0.4) is 0 Å². The predicted octanol–water partition coefficient (Wildman–Crippen LogP) is 2.08. The summed E-state index contributed by atoms with van der Waals surface area (Å²) < 4.78 is 11.3. The summed E-state index contributed by atoms with van der Waals surface area (Å²) >= 11 is 0. The monoisotopic (exact) mass is 235 g/mol. The van der Waals surface area contributed by atoms with Crippen LogP contribution in [0.5, 0.6) is 11.5 Å². The molecule has 0 aliphatic carbocycles. The van der Waals surface area contributed by atoms with Crippen molar-refractivity contribution in [2.45, 2.75) is 32.6 Å². The molecule has 0 aromatic heterocycles. The van der Waals surface area contributed by atoms with Crippen molar-refractivity contribution in [2.24, 2.45) is 5.73 Å². The van der Waals surface area contributed by atoms with Crippen molar-refractivity contribution >= 4 is 0 Å². The fourth-order valence-corrected chi connectivity index (χ4v) is 2.55. The van der Waals surface area contributed by atoms with Crippen molar-refractivity contribution in [2.75, 3.05) is 20.3 Å². The van der Waals surface area contributed by atoms with E-state index >= 15 is 0 Å². The molecule has 0 unspecified atom stereocenters. The lowest BCUT2D eigenvalue weighted by Gasteiger charge is -2.15. The van der Waals surface area contributed by atoms with Crippen LogP contribution in [0, 0.1) is 0 Å². The van der Waals surface area contributed by atoms with Gasteiger partial charge in [-0.05, 0) is 31.0 Å². The molecule has 2 N–H and O–H groups in total. The van der Waals surface area contributed by atoms with E-state index < -0.39 is 0 Å². The third-order valence-electron chi connectivity index (χ3n) is 3.26. The Labute approximate surface area is 103 Å². The third kappa shape index (κ3) is 2.25. The lowest BCUT2D eigenvalue weighted by molar-refractivity contribution is 0.352. The molecule has 17 heavy (non-hydrogen) atoms. The van der Waals surface area contributed by atoms with E-state index in [-0.39, 0.29) is 0 Å². The Morgan fingerprint density at radius 2 is 2.24 bits per heavy atom. The van der Waals surface area contributed by atoms with E-state index in [9.17, 15) is 0 Å². The molecule has 1 aromatic carbocycles. The highest BCUT2D eigenvalue weighted by atomic mass is 16.5. The molecule has 2 rings (SSSR count). The Morgan fingerprint density at radius 3 is 2.88 bits per heavy atom. The molecule has 0 spiro atoms. The van der Waals surface area contributed by atoms with Crippen molar-refractivity contribution in [3.05, 3.63) is 22.8 Å². The van der Waals surface area contributed by atoms with Crippen LogP contribution in [0.4, 0.5) is 0 Å². The van der Waals surface area contributed by atoms with Gasteiger partial charge in [-0.3, -0.25) is 0 Å². The molecule has 0 atom stereocenters. The van der Waals surface area contributed by atoms with Crippen molar-refractivity contribution < 1.29 is 9.47 Å². The van der Waals surface area contributed by atoms with Crippen LogP contribution in [-0.4, -0.2) is 20.3 Å². The Balaban J connectivity index is 2.49. The van der Waals surface area contributed by atoms with Crippen LogP contribution >= 0.6 is 0 Å². The van der Waals surface area contributed by atoms with Gasteiger partial charge in [0.2, 0.25) is 0 Å². The number of hydrogen-bond acceptors (Lipinski definition) is 3. The molecule has 1 aliphatic heterocycles. The highest BCUT2D eigenvalue weighted by Crippen LogP contribution is 2.38. The maximum absolute atomic E-state index is 5.77. The van der Waals surface area contributed by atoms with Crippen LogP contribution in [0.25, 0.3) is 0 Å². The van der Waals surface area contributed by atoms with Gasteiger partial charge >= 0.3 is 0 Å². The van der Waals surface area contributed by atoms with Gasteiger partial charge in [0.15, 0.2) is 0 Å². The minimum absolute atomic E-state index is 0.649. The lowest BCUT2D eigenvalue weighted by Crippen LogP contribution is -2.07. The number of nitrogens with two attached hydrogens (primary N) is 1. The third-order valence-corrected chi connectivity index (χ3v) is 3.26. The summed E-state index contributed by atoms with van der Waals surface area (Å²) in [4.78, 5) is 0. The molecule has 0 amide bonds. The minimum atomic E-state index is 0.649.